The fourth-order valence-corrected chi connectivity index (χ4v) is 2.75. The summed E-state index contributed by atoms with van der Waals surface area (Å²) in [5.74, 6) is 2.19. The van der Waals surface area contributed by atoms with E-state index in [0.717, 1.165) is 17.3 Å². The summed E-state index contributed by atoms with van der Waals surface area (Å²) in [5, 5.41) is 9.28. The minimum atomic E-state index is -0.180. The Hall–Kier alpha value is -2.97. The van der Waals surface area contributed by atoms with Gasteiger partial charge in [-0.15, -0.1) is 0 Å². The molecular weight excluding hydrogens is 350 g/mol. The van der Waals surface area contributed by atoms with Gasteiger partial charge in [-0.05, 0) is 44.2 Å². The minimum Gasteiger partial charge on any atom is -0.488 e. The highest BCUT2D eigenvalue weighted by Gasteiger charge is 2.09. The van der Waals surface area contributed by atoms with E-state index in [1.807, 2.05) is 54.9 Å². The number of aryl methyl sites for hydroxylation is 1. The highest BCUT2D eigenvalue weighted by atomic mass is 35.5. The standard InChI is InChI=1S/C20H18ClN3O2/c1-14(13-25-20-7-6-16(12-22)10-19(20)21)26-18-5-3-4-17(11-18)24-9-8-23-15(24)2/h3-11,14H,13H2,1-2H3. The predicted molar refractivity (Wildman–Crippen MR) is 100 cm³/mol. The number of hydrogen-bond acceptors (Lipinski definition) is 4. The minimum absolute atomic E-state index is 0.180. The van der Waals surface area contributed by atoms with Gasteiger partial charge in [-0.25, -0.2) is 4.98 Å². The van der Waals surface area contributed by atoms with Crippen molar-refractivity contribution < 1.29 is 9.47 Å². The first-order valence-corrected chi connectivity index (χ1v) is 8.54. The summed E-state index contributed by atoms with van der Waals surface area (Å²) in [4.78, 5) is 4.24. The lowest BCUT2D eigenvalue weighted by atomic mass is 10.2. The van der Waals surface area contributed by atoms with E-state index < -0.39 is 0 Å². The van der Waals surface area contributed by atoms with Gasteiger partial charge in [0.05, 0.1) is 22.3 Å². The van der Waals surface area contributed by atoms with E-state index in [-0.39, 0.29) is 6.10 Å². The van der Waals surface area contributed by atoms with Gasteiger partial charge in [-0.1, -0.05) is 17.7 Å². The van der Waals surface area contributed by atoms with Crippen LogP contribution < -0.4 is 9.47 Å². The van der Waals surface area contributed by atoms with E-state index in [1.54, 1.807) is 24.4 Å². The largest absolute Gasteiger partial charge is 0.488 e. The molecule has 5 nitrogen and oxygen atoms in total. The second-order valence-electron chi connectivity index (χ2n) is 5.84. The molecule has 0 fully saturated rings. The zero-order chi connectivity index (χ0) is 18.5. The van der Waals surface area contributed by atoms with Crippen LogP contribution in [0.1, 0.15) is 18.3 Å². The number of nitriles is 1. The maximum absolute atomic E-state index is 8.87. The molecule has 0 amide bonds. The summed E-state index contributed by atoms with van der Waals surface area (Å²) < 4.78 is 13.6. The summed E-state index contributed by atoms with van der Waals surface area (Å²) in [6, 6.07) is 14.8. The second kappa shape index (κ2) is 7.94. The number of nitrogens with zero attached hydrogens (tertiary/aromatic N) is 3. The molecular formula is C20H18ClN3O2. The number of halogens is 1. The normalized spacial score (nSPS) is 11.6. The Morgan fingerprint density at radius 1 is 1.27 bits per heavy atom. The molecule has 0 spiro atoms. The van der Waals surface area contributed by atoms with Gasteiger partial charge in [0.2, 0.25) is 0 Å². The molecule has 132 valence electrons. The third kappa shape index (κ3) is 4.16. The van der Waals surface area contributed by atoms with Gasteiger partial charge in [-0.3, -0.25) is 0 Å². The van der Waals surface area contributed by atoms with Crippen LogP contribution in [0.25, 0.3) is 5.69 Å². The van der Waals surface area contributed by atoms with E-state index in [0.29, 0.717) is 22.9 Å². The zero-order valence-corrected chi connectivity index (χ0v) is 15.3. The number of imidazole rings is 1. The topological polar surface area (TPSA) is 60.1 Å². The van der Waals surface area contributed by atoms with Crippen LogP contribution in [-0.2, 0) is 0 Å². The molecule has 0 saturated carbocycles. The second-order valence-corrected chi connectivity index (χ2v) is 6.25. The molecule has 1 heterocycles. The van der Waals surface area contributed by atoms with Crippen LogP contribution in [-0.4, -0.2) is 22.3 Å². The van der Waals surface area contributed by atoms with Crippen molar-refractivity contribution in [3.8, 4) is 23.3 Å². The summed E-state index contributed by atoms with van der Waals surface area (Å²) in [6.45, 7) is 4.21. The van der Waals surface area contributed by atoms with Crippen LogP contribution in [0, 0.1) is 18.3 Å². The van der Waals surface area contributed by atoms with Gasteiger partial charge < -0.3 is 14.0 Å². The lowest BCUT2D eigenvalue weighted by molar-refractivity contribution is 0.143. The molecule has 0 radical (unpaired) electrons. The number of hydrogen-bond donors (Lipinski definition) is 0. The molecule has 1 atom stereocenters. The quantitative estimate of drug-likeness (QED) is 0.641. The van der Waals surface area contributed by atoms with Crippen LogP contribution in [0.2, 0.25) is 5.02 Å². The third-order valence-electron chi connectivity index (χ3n) is 3.79. The van der Waals surface area contributed by atoms with Crippen molar-refractivity contribution in [2.24, 2.45) is 0 Å². The van der Waals surface area contributed by atoms with E-state index in [9.17, 15) is 0 Å². The maximum atomic E-state index is 8.87. The third-order valence-corrected chi connectivity index (χ3v) is 4.09. The van der Waals surface area contributed by atoms with E-state index in [1.165, 1.54) is 0 Å². The Kier molecular flexibility index (Phi) is 5.45. The molecule has 0 aliphatic carbocycles. The van der Waals surface area contributed by atoms with Gasteiger partial charge in [0.25, 0.3) is 0 Å². The number of benzene rings is 2. The fourth-order valence-electron chi connectivity index (χ4n) is 2.52. The van der Waals surface area contributed by atoms with E-state index in [4.69, 9.17) is 26.3 Å². The molecule has 2 aromatic carbocycles. The van der Waals surface area contributed by atoms with Crippen LogP contribution in [0.15, 0.2) is 54.9 Å². The van der Waals surface area contributed by atoms with Crippen molar-refractivity contribution in [2.45, 2.75) is 20.0 Å². The van der Waals surface area contributed by atoms with Crippen LogP contribution in [0.5, 0.6) is 11.5 Å². The van der Waals surface area contributed by atoms with Crippen molar-refractivity contribution in [3.63, 3.8) is 0 Å². The molecule has 6 heteroatoms. The molecule has 0 aliphatic heterocycles. The zero-order valence-electron chi connectivity index (χ0n) is 14.5. The maximum Gasteiger partial charge on any atom is 0.138 e. The monoisotopic (exact) mass is 367 g/mol. The van der Waals surface area contributed by atoms with E-state index in [2.05, 4.69) is 4.98 Å². The Morgan fingerprint density at radius 2 is 2.12 bits per heavy atom. The van der Waals surface area contributed by atoms with Crippen molar-refractivity contribution >= 4 is 11.6 Å². The first-order chi connectivity index (χ1) is 12.6. The summed E-state index contributed by atoms with van der Waals surface area (Å²) >= 11 is 6.12. The Morgan fingerprint density at radius 3 is 2.81 bits per heavy atom. The highest BCUT2D eigenvalue weighted by Crippen LogP contribution is 2.26. The first-order valence-electron chi connectivity index (χ1n) is 8.16. The summed E-state index contributed by atoms with van der Waals surface area (Å²) in [6.07, 6.45) is 3.50. The number of rotatable bonds is 6. The fraction of sp³-hybridized carbons (Fsp3) is 0.200. The Labute approximate surface area is 157 Å². The molecule has 0 N–H and O–H groups in total. The molecule has 1 unspecified atom stereocenters. The predicted octanol–water partition coefficient (Wildman–Crippen LogP) is 4.55. The Balaban J connectivity index is 1.63. The molecule has 1 aromatic heterocycles. The van der Waals surface area contributed by atoms with Crippen molar-refractivity contribution in [2.75, 3.05) is 6.61 Å². The van der Waals surface area contributed by atoms with Crippen molar-refractivity contribution in [1.29, 1.82) is 5.26 Å². The number of ether oxygens (including phenoxy) is 2. The summed E-state index contributed by atoms with van der Waals surface area (Å²) in [7, 11) is 0. The molecule has 0 saturated heterocycles. The van der Waals surface area contributed by atoms with Gasteiger partial charge in [0.15, 0.2) is 0 Å². The molecule has 3 aromatic rings. The first kappa shape index (κ1) is 17.8. The molecule has 0 bridgehead atoms. The van der Waals surface area contributed by atoms with Gasteiger partial charge in [0, 0.05) is 18.5 Å². The Bertz CT molecular complexity index is 946. The van der Waals surface area contributed by atoms with Crippen molar-refractivity contribution in [1.82, 2.24) is 9.55 Å². The van der Waals surface area contributed by atoms with Gasteiger partial charge >= 0.3 is 0 Å². The summed E-state index contributed by atoms with van der Waals surface area (Å²) in [5.41, 5.74) is 1.49. The average Bonchev–Trinajstić information content (AvgIpc) is 3.07. The highest BCUT2D eigenvalue weighted by molar-refractivity contribution is 6.32. The van der Waals surface area contributed by atoms with E-state index >= 15 is 0 Å². The number of aromatic nitrogens is 2. The lowest BCUT2D eigenvalue weighted by Gasteiger charge is -2.17. The SMILES string of the molecule is Cc1nccn1-c1cccc(OC(C)COc2ccc(C#N)cc2Cl)c1. The van der Waals surface area contributed by atoms with Crippen LogP contribution in [0.4, 0.5) is 0 Å². The molecule has 0 aliphatic rings. The van der Waals surface area contributed by atoms with Crippen LogP contribution >= 0.6 is 11.6 Å². The molecule has 3 rings (SSSR count). The lowest BCUT2D eigenvalue weighted by Crippen LogP contribution is -2.21. The van der Waals surface area contributed by atoms with Crippen molar-refractivity contribution in [3.05, 3.63) is 71.3 Å². The van der Waals surface area contributed by atoms with Gasteiger partial charge in [-0.2, -0.15) is 5.26 Å². The van der Waals surface area contributed by atoms with Crippen LogP contribution in [0.3, 0.4) is 0 Å². The van der Waals surface area contributed by atoms with Gasteiger partial charge in [0.1, 0.15) is 30.0 Å². The molecule has 26 heavy (non-hydrogen) atoms. The smallest absolute Gasteiger partial charge is 0.138 e. The average molecular weight is 368 g/mol.